The molecule has 19 heavy (non-hydrogen) atoms. The molecular formula is C17H15ClO. The number of carbonyl (C=O) groups is 1. The fraction of sp³-hybridized carbons (Fsp3) is 0.235. The van der Waals surface area contributed by atoms with Gasteiger partial charge in [-0.25, -0.2) is 0 Å². The van der Waals surface area contributed by atoms with Crippen LogP contribution in [0.2, 0.25) is 5.02 Å². The van der Waals surface area contributed by atoms with Crippen LogP contribution in [-0.4, -0.2) is 5.78 Å². The molecule has 0 atom stereocenters. The molecule has 0 saturated heterocycles. The number of benzene rings is 2. The predicted molar refractivity (Wildman–Crippen MR) is 77.7 cm³/mol. The molecule has 0 aliphatic heterocycles. The number of carbonyl (C=O) groups excluding carboxylic acids is 1. The summed E-state index contributed by atoms with van der Waals surface area (Å²) >= 11 is 5.95. The Kier molecular flexibility index (Phi) is 2.94. The van der Waals surface area contributed by atoms with Crippen molar-refractivity contribution in [3.63, 3.8) is 0 Å². The van der Waals surface area contributed by atoms with E-state index in [-0.39, 0.29) is 5.78 Å². The predicted octanol–water partition coefficient (Wildman–Crippen LogP) is 3.97. The summed E-state index contributed by atoms with van der Waals surface area (Å²) in [6, 6.07) is 16.0. The van der Waals surface area contributed by atoms with Crippen molar-refractivity contribution >= 4 is 17.4 Å². The minimum absolute atomic E-state index is 0.228. The second-order valence-electron chi connectivity index (χ2n) is 5.27. The highest BCUT2D eigenvalue weighted by Crippen LogP contribution is 2.40. The molecule has 0 aromatic heterocycles. The normalized spacial score (nSPS) is 16.1. The van der Waals surface area contributed by atoms with Crippen LogP contribution >= 0.6 is 11.6 Å². The largest absolute Gasteiger partial charge is 0.299 e. The molecule has 0 saturated carbocycles. The third-order valence-electron chi connectivity index (χ3n) is 4.17. The number of fused-ring (bicyclic) bond motifs is 1. The lowest BCUT2D eigenvalue weighted by Crippen LogP contribution is -2.35. The molecule has 2 aromatic rings. The van der Waals surface area contributed by atoms with Crippen molar-refractivity contribution in [3.05, 3.63) is 70.2 Å². The molecule has 0 heterocycles. The van der Waals surface area contributed by atoms with Crippen LogP contribution in [0.1, 0.15) is 23.6 Å². The topological polar surface area (TPSA) is 17.1 Å². The van der Waals surface area contributed by atoms with Crippen LogP contribution in [0.15, 0.2) is 48.5 Å². The van der Waals surface area contributed by atoms with Crippen molar-refractivity contribution in [1.29, 1.82) is 0 Å². The van der Waals surface area contributed by atoms with Gasteiger partial charge in [0.05, 0.1) is 5.41 Å². The first-order valence-corrected chi connectivity index (χ1v) is 6.83. The van der Waals surface area contributed by atoms with Crippen LogP contribution in [0.4, 0.5) is 0 Å². The maximum atomic E-state index is 12.3. The number of hydrogen-bond donors (Lipinski definition) is 0. The summed E-state index contributed by atoms with van der Waals surface area (Å²) in [4.78, 5) is 12.3. The fourth-order valence-corrected chi connectivity index (χ4v) is 3.17. The molecule has 1 aliphatic carbocycles. The van der Waals surface area contributed by atoms with Crippen LogP contribution < -0.4 is 0 Å². The highest BCUT2D eigenvalue weighted by atomic mass is 35.5. The first-order chi connectivity index (χ1) is 9.12. The zero-order valence-electron chi connectivity index (χ0n) is 10.8. The molecule has 0 radical (unpaired) electrons. The molecular weight excluding hydrogens is 256 g/mol. The summed E-state index contributed by atoms with van der Waals surface area (Å²) in [5, 5.41) is 0.706. The van der Waals surface area contributed by atoms with Gasteiger partial charge < -0.3 is 0 Å². The molecule has 96 valence electrons. The number of rotatable bonds is 2. The number of ketones is 1. The van der Waals surface area contributed by atoms with Gasteiger partial charge in [-0.15, -0.1) is 0 Å². The standard InChI is InChI=1S/C17H15ClO/c1-12(19)17(15-6-8-16(18)9-7-15)10-13-4-2-3-5-14(13)11-17/h2-9H,10-11H2,1H3. The average Bonchev–Trinajstić information content (AvgIpc) is 2.80. The summed E-state index contributed by atoms with van der Waals surface area (Å²) in [7, 11) is 0. The summed E-state index contributed by atoms with van der Waals surface area (Å²) in [6.07, 6.45) is 1.58. The molecule has 0 bridgehead atoms. The summed E-state index contributed by atoms with van der Waals surface area (Å²) in [5.74, 6) is 0.228. The van der Waals surface area contributed by atoms with E-state index in [9.17, 15) is 4.79 Å². The molecule has 1 nitrogen and oxygen atoms in total. The van der Waals surface area contributed by atoms with Gasteiger partial charge in [0.15, 0.2) is 0 Å². The monoisotopic (exact) mass is 270 g/mol. The van der Waals surface area contributed by atoms with E-state index in [4.69, 9.17) is 11.6 Å². The summed E-state index contributed by atoms with van der Waals surface area (Å²) < 4.78 is 0. The van der Waals surface area contributed by atoms with Gasteiger partial charge in [0.2, 0.25) is 0 Å². The Morgan fingerprint density at radius 3 is 2.00 bits per heavy atom. The lowest BCUT2D eigenvalue weighted by atomic mass is 9.75. The second-order valence-corrected chi connectivity index (χ2v) is 5.70. The fourth-order valence-electron chi connectivity index (χ4n) is 3.04. The van der Waals surface area contributed by atoms with Crippen molar-refractivity contribution in [3.8, 4) is 0 Å². The SMILES string of the molecule is CC(=O)C1(c2ccc(Cl)cc2)Cc2ccccc2C1. The number of hydrogen-bond acceptors (Lipinski definition) is 1. The van der Waals surface area contributed by atoms with E-state index in [1.165, 1.54) is 11.1 Å². The van der Waals surface area contributed by atoms with Gasteiger partial charge >= 0.3 is 0 Å². The van der Waals surface area contributed by atoms with Gasteiger partial charge in [0.25, 0.3) is 0 Å². The van der Waals surface area contributed by atoms with Gasteiger partial charge in [-0.2, -0.15) is 0 Å². The minimum atomic E-state index is -0.408. The van der Waals surface area contributed by atoms with Crippen LogP contribution in [0.25, 0.3) is 0 Å². The van der Waals surface area contributed by atoms with E-state index >= 15 is 0 Å². The zero-order chi connectivity index (χ0) is 13.5. The Bertz CT molecular complexity index is 603. The quantitative estimate of drug-likeness (QED) is 0.807. The van der Waals surface area contributed by atoms with E-state index in [1.54, 1.807) is 6.92 Å². The third kappa shape index (κ3) is 1.98. The van der Waals surface area contributed by atoms with Crippen LogP contribution in [0.3, 0.4) is 0 Å². The van der Waals surface area contributed by atoms with Gasteiger partial charge in [-0.3, -0.25) is 4.79 Å². The highest BCUT2D eigenvalue weighted by molar-refractivity contribution is 6.30. The first-order valence-electron chi connectivity index (χ1n) is 6.46. The summed E-state index contributed by atoms with van der Waals surface area (Å²) in [5.41, 5.74) is 3.23. The van der Waals surface area contributed by atoms with Crippen molar-refractivity contribution in [1.82, 2.24) is 0 Å². The maximum absolute atomic E-state index is 12.3. The van der Waals surface area contributed by atoms with Gasteiger partial charge in [-0.1, -0.05) is 48.0 Å². The molecule has 0 fully saturated rings. The smallest absolute Gasteiger partial charge is 0.141 e. The molecule has 0 spiro atoms. The van der Waals surface area contributed by atoms with Crippen molar-refractivity contribution < 1.29 is 4.79 Å². The Hall–Kier alpha value is -1.60. The van der Waals surface area contributed by atoms with Gasteiger partial charge in [-0.05, 0) is 48.6 Å². The molecule has 2 aromatic carbocycles. The highest BCUT2D eigenvalue weighted by Gasteiger charge is 2.42. The second kappa shape index (κ2) is 4.50. The Morgan fingerprint density at radius 2 is 1.53 bits per heavy atom. The minimum Gasteiger partial charge on any atom is -0.299 e. The van der Waals surface area contributed by atoms with E-state index in [2.05, 4.69) is 12.1 Å². The molecule has 0 unspecified atom stereocenters. The number of halogens is 1. The van der Waals surface area contributed by atoms with Crippen LogP contribution in [0, 0.1) is 0 Å². The third-order valence-corrected chi connectivity index (χ3v) is 4.43. The Labute approximate surface area is 118 Å². The van der Waals surface area contributed by atoms with E-state index in [1.807, 2.05) is 36.4 Å². The summed E-state index contributed by atoms with van der Waals surface area (Å²) in [6.45, 7) is 1.69. The molecule has 1 aliphatic rings. The van der Waals surface area contributed by atoms with Crippen molar-refractivity contribution in [2.24, 2.45) is 0 Å². The lowest BCUT2D eigenvalue weighted by molar-refractivity contribution is -0.122. The Balaban J connectivity index is 2.09. The van der Waals surface area contributed by atoms with Crippen molar-refractivity contribution in [2.75, 3.05) is 0 Å². The zero-order valence-corrected chi connectivity index (χ0v) is 11.6. The van der Waals surface area contributed by atoms with Gasteiger partial charge in [0, 0.05) is 5.02 Å². The Morgan fingerprint density at radius 1 is 1.00 bits per heavy atom. The number of Topliss-reactive ketones (excluding diaryl/α,β-unsaturated/α-hetero) is 1. The van der Waals surface area contributed by atoms with Crippen LogP contribution in [0.5, 0.6) is 0 Å². The molecule has 0 amide bonds. The van der Waals surface area contributed by atoms with E-state index < -0.39 is 5.41 Å². The maximum Gasteiger partial charge on any atom is 0.141 e. The van der Waals surface area contributed by atoms with Gasteiger partial charge in [0.1, 0.15) is 5.78 Å². The molecule has 3 rings (SSSR count). The molecule has 2 heteroatoms. The first kappa shape index (κ1) is 12.4. The molecule has 0 N–H and O–H groups in total. The lowest BCUT2D eigenvalue weighted by Gasteiger charge is -2.26. The van der Waals surface area contributed by atoms with Crippen LogP contribution in [-0.2, 0) is 23.1 Å². The van der Waals surface area contributed by atoms with E-state index in [0.29, 0.717) is 5.02 Å². The van der Waals surface area contributed by atoms with E-state index in [0.717, 1.165) is 18.4 Å². The average molecular weight is 271 g/mol. The van der Waals surface area contributed by atoms with Crippen molar-refractivity contribution in [2.45, 2.75) is 25.2 Å².